The summed E-state index contributed by atoms with van der Waals surface area (Å²) in [4.78, 5) is 38.4. The number of ether oxygens (including phenoxy) is 3. The summed E-state index contributed by atoms with van der Waals surface area (Å²) in [5.41, 5.74) is 0. The molecule has 0 aliphatic rings. The number of esters is 3. The molecule has 74 heavy (non-hydrogen) atoms. The molecule has 0 aliphatic carbocycles. The van der Waals surface area contributed by atoms with Gasteiger partial charge >= 0.3 is 17.9 Å². The molecule has 0 N–H and O–H groups in total. The van der Waals surface area contributed by atoms with Crippen LogP contribution in [0.5, 0.6) is 0 Å². The van der Waals surface area contributed by atoms with Crippen molar-refractivity contribution in [3.63, 3.8) is 0 Å². The van der Waals surface area contributed by atoms with Gasteiger partial charge in [0.05, 0.1) is 0 Å². The Hall–Kier alpha value is -2.37. The predicted octanol–water partition coefficient (Wildman–Crippen LogP) is 22.4. The lowest BCUT2D eigenvalue weighted by atomic mass is 10.0. The zero-order valence-electron chi connectivity index (χ0n) is 49.9. The Kier molecular flexibility index (Phi) is 61.1. The Morgan fingerprint density at radius 2 is 0.527 bits per heavy atom. The molecule has 0 bridgehead atoms. The largest absolute Gasteiger partial charge is 0.462 e. The molecule has 0 aliphatic heterocycles. The van der Waals surface area contributed by atoms with Crippen molar-refractivity contribution in [2.45, 2.75) is 367 Å². The highest BCUT2D eigenvalue weighted by atomic mass is 16.6. The molecular weight excluding hydrogens is 913 g/mol. The predicted molar refractivity (Wildman–Crippen MR) is 321 cm³/mol. The van der Waals surface area contributed by atoms with Gasteiger partial charge in [0.1, 0.15) is 13.2 Å². The van der Waals surface area contributed by atoms with Gasteiger partial charge in [0.15, 0.2) is 6.10 Å². The minimum absolute atomic E-state index is 0.0694. The van der Waals surface area contributed by atoms with Crippen molar-refractivity contribution in [1.29, 1.82) is 0 Å². The van der Waals surface area contributed by atoms with Crippen LogP contribution in [0.25, 0.3) is 0 Å². The molecular formula is C68H126O6. The summed E-state index contributed by atoms with van der Waals surface area (Å²) >= 11 is 0. The van der Waals surface area contributed by atoms with Crippen LogP contribution in [0.1, 0.15) is 361 Å². The maximum atomic E-state index is 12.9. The lowest BCUT2D eigenvalue weighted by Gasteiger charge is -2.18. The molecule has 0 spiro atoms. The molecule has 0 saturated heterocycles. The summed E-state index contributed by atoms with van der Waals surface area (Å²) in [7, 11) is 0. The molecule has 1 atom stereocenters. The van der Waals surface area contributed by atoms with E-state index in [-0.39, 0.29) is 31.1 Å². The molecule has 0 fully saturated rings. The molecule has 434 valence electrons. The Balaban J connectivity index is 4.31. The topological polar surface area (TPSA) is 78.9 Å². The van der Waals surface area contributed by atoms with E-state index < -0.39 is 6.10 Å². The highest BCUT2D eigenvalue weighted by Crippen LogP contribution is 2.18. The van der Waals surface area contributed by atoms with Crippen molar-refractivity contribution in [2.24, 2.45) is 0 Å². The van der Waals surface area contributed by atoms with Crippen LogP contribution in [0.2, 0.25) is 0 Å². The van der Waals surface area contributed by atoms with Crippen LogP contribution in [-0.4, -0.2) is 37.2 Å². The molecule has 0 aromatic heterocycles. The summed E-state index contributed by atoms with van der Waals surface area (Å²) < 4.78 is 17.0. The molecule has 0 saturated carbocycles. The average Bonchev–Trinajstić information content (AvgIpc) is 3.40. The molecule has 1 unspecified atom stereocenters. The second-order valence-corrected chi connectivity index (χ2v) is 22.4. The fourth-order valence-corrected chi connectivity index (χ4v) is 9.99. The fraction of sp³-hybridized carbons (Fsp3) is 0.868. The van der Waals surface area contributed by atoms with Gasteiger partial charge in [-0.15, -0.1) is 0 Å². The van der Waals surface area contributed by atoms with E-state index in [0.717, 1.165) is 83.5 Å². The Bertz CT molecular complexity index is 1240. The van der Waals surface area contributed by atoms with Crippen molar-refractivity contribution in [3.8, 4) is 0 Å². The number of hydrogen-bond donors (Lipinski definition) is 0. The van der Waals surface area contributed by atoms with Crippen molar-refractivity contribution in [2.75, 3.05) is 13.2 Å². The first-order valence-corrected chi connectivity index (χ1v) is 33.0. The van der Waals surface area contributed by atoms with E-state index in [0.29, 0.717) is 19.3 Å². The molecule has 0 aromatic carbocycles. The van der Waals surface area contributed by atoms with E-state index >= 15 is 0 Å². The van der Waals surface area contributed by atoms with Crippen LogP contribution in [0, 0.1) is 0 Å². The van der Waals surface area contributed by atoms with Crippen molar-refractivity contribution < 1.29 is 28.6 Å². The minimum Gasteiger partial charge on any atom is -0.462 e. The number of rotatable bonds is 61. The quantitative estimate of drug-likeness (QED) is 0.0261. The van der Waals surface area contributed by atoms with Gasteiger partial charge in [0.2, 0.25) is 0 Å². The van der Waals surface area contributed by atoms with Gasteiger partial charge in [0, 0.05) is 19.3 Å². The van der Waals surface area contributed by atoms with Gasteiger partial charge in [-0.2, -0.15) is 0 Å². The highest BCUT2D eigenvalue weighted by Gasteiger charge is 2.19. The van der Waals surface area contributed by atoms with E-state index in [1.165, 1.54) is 238 Å². The standard InChI is InChI=1S/C68H126O6/c1-4-7-10-13-16-19-22-25-28-31-33-35-37-40-43-46-49-52-55-58-61-67(70)73-64-65(63-72-66(69)60-57-54-51-48-45-42-39-36-30-27-24-21-18-15-12-9-6-3)74-68(71)62-59-56-53-50-47-44-41-38-34-32-29-26-23-20-17-14-11-8-5-2/h9,12,18,21,27,30,65H,4-8,10-11,13-17,19-20,22-26,28-29,31-64H2,1-3H3/b12-9-,21-18-,30-27-. The summed E-state index contributed by atoms with van der Waals surface area (Å²) in [5, 5.41) is 0. The van der Waals surface area contributed by atoms with Gasteiger partial charge in [0.25, 0.3) is 0 Å². The van der Waals surface area contributed by atoms with E-state index in [2.05, 4.69) is 57.2 Å². The molecule has 0 heterocycles. The lowest BCUT2D eigenvalue weighted by Crippen LogP contribution is -2.30. The van der Waals surface area contributed by atoms with Crippen molar-refractivity contribution >= 4 is 17.9 Å². The smallest absolute Gasteiger partial charge is 0.306 e. The van der Waals surface area contributed by atoms with Crippen LogP contribution in [-0.2, 0) is 28.6 Å². The second-order valence-electron chi connectivity index (χ2n) is 22.4. The van der Waals surface area contributed by atoms with Gasteiger partial charge in [-0.1, -0.05) is 327 Å². The zero-order chi connectivity index (χ0) is 53.6. The maximum absolute atomic E-state index is 12.9. The SMILES string of the molecule is CC/C=C\C/C=C\C/C=C\CCCCCCCCCC(=O)OCC(COC(=O)CCCCCCCCCCCCCCCCCCCCCC)OC(=O)CCCCCCCCCCCCCCCCCCCCC. The summed E-state index contributed by atoms with van der Waals surface area (Å²) in [6.07, 6.45) is 77.2. The van der Waals surface area contributed by atoms with Gasteiger partial charge in [-0.3, -0.25) is 14.4 Å². The summed E-state index contributed by atoms with van der Waals surface area (Å²) in [6.45, 7) is 6.60. The van der Waals surface area contributed by atoms with Crippen LogP contribution in [0.15, 0.2) is 36.5 Å². The van der Waals surface area contributed by atoms with E-state index in [1.54, 1.807) is 0 Å². The van der Waals surface area contributed by atoms with E-state index in [9.17, 15) is 14.4 Å². The maximum Gasteiger partial charge on any atom is 0.306 e. The third kappa shape index (κ3) is 60.5. The first-order valence-electron chi connectivity index (χ1n) is 33.0. The molecule has 0 rings (SSSR count). The number of hydrogen-bond acceptors (Lipinski definition) is 6. The normalized spacial score (nSPS) is 12.2. The van der Waals surface area contributed by atoms with E-state index in [1.807, 2.05) is 0 Å². The summed E-state index contributed by atoms with van der Waals surface area (Å²) in [5.74, 6) is -0.851. The van der Waals surface area contributed by atoms with Crippen LogP contribution < -0.4 is 0 Å². The molecule has 6 heteroatoms. The first kappa shape index (κ1) is 71.6. The van der Waals surface area contributed by atoms with Gasteiger partial charge < -0.3 is 14.2 Å². The Morgan fingerprint density at radius 3 is 0.824 bits per heavy atom. The van der Waals surface area contributed by atoms with Crippen molar-refractivity contribution in [3.05, 3.63) is 36.5 Å². The first-order chi connectivity index (χ1) is 36.5. The Morgan fingerprint density at radius 1 is 0.284 bits per heavy atom. The fourth-order valence-electron chi connectivity index (χ4n) is 9.99. The van der Waals surface area contributed by atoms with Crippen LogP contribution >= 0.6 is 0 Å². The number of carbonyl (C=O) groups excluding carboxylic acids is 3. The van der Waals surface area contributed by atoms with Gasteiger partial charge in [-0.25, -0.2) is 0 Å². The minimum atomic E-state index is -0.773. The van der Waals surface area contributed by atoms with Crippen LogP contribution in [0.4, 0.5) is 0 Å². The van der Waals surface area contributed by atoms with Crippen LogP contribution in [0.3, 0.4) is 0 Å². The number of allylic oxidation sites excluding steroid dienone is 6. The number of carbonyl (C=O) groups is 3. The Labute approximate surface area is 461 Å². The van der Waals surface area contributed by atoms with E-state index in [4.69, 9.17) is 14.2 Å². The zero-order valence-corrected chi connectivity index (χ0v) is 49.9. The highest BCUT2D eigenvalue weighted by molar-refractivity contribution is 5.71. The third-order valence-electron chi connectivity index (χ3n) is 14.9. The van der Waals surface area contributed by atoms with Gasteiger partial charge in [-0.05, 0) is 51.4 Å². The molecule has 6 nitrogen and oxygen atoms in total. The third-order valence-corrected chi connectivity index (χ3v) is 14.9. The summed E-state index contributed by atoms with van der Waals surface area (Å²) in [6, 6.07) is 0. The second kappa shape index (κ2) is 63.2. The van der Waals surface area contributed by atoms with Crippen molar-refractivity contribution in [1.82, 2.24) is 0 Å². The number of unbranched alkanes of at least 4 members (excludes halogenated alkanes) is 44. The average molecular weight is 1040 g/mol. The molecule has 0 aromatic rings. The monoisotopic (exact) mass is 1040 g/mol. The molecule has 0 amide bonds. The lowest BCUT2D eigenvalue weighted by molar-refractivity contribution is -0.167. The molecule has 0 radical (unpaired) electrons.